The molecule has 1 fully saturated rings. The number of nitrogens with two attached hydrogens (primary N) is 1. The molecule has 3 N–H and O–H groups in total. The van der Waals surface area contributed by atoms with Gasteiger partial charge in [-0.15, -0.1) is 10.2 Å². The third-order valence-corrected chi connectivity index (χ3v) is 3.16. The summed E-state index contributed by atoms with van der Waals surface area (Å²) in [6, 6.07) is 3.30. The number of primary amides is 1. The highest BCUT2D eigenvalue weighted by molar-refractivity contribution is 5.90. The zero-order valence-electron chi connectivity index (χ0n) is 9.53. The van der Waals surface area contributed by atoms with E-state index >= 15 is 0 Å². The quantitative estimate of drug-likeness (QED) is 0.794. The van der Waals surface area contributed by atoms with Crippen LogP contribution in [0.4, 0.5) is 5.82 Å². The molecule has 0 aliphatic heterocycles. The van der Waals surface area contributed by atoms with Crippen LogP contribution in [0.5, 0.6) is 0 Å². The molecule has 1 aliphatic carbocycles. The molecule has 16 heavy (non-hydrogen) atoms. The molecule has 2 rings (SSSR count). The van der Waals surface area contributed by atoms with Crippen LogP contribution in [0.3, 0.4) is 0 Å². The predicted molar refractivity (Wildman–Crippen MR) is 60.9 cm³/mol. The van der Waals surface area contributed by atoms with E-state index in [1.165, 1.54) is 6.42 Å². The van der Waals surface area contributed by atoms with Crippen LogP contribution in [0.1, 0.15) is 30.8 Å². The van der Waals surface area contributed by atoms with E-state index in [0.717, 1.165) is 6.54 Å². The lowest BCUT2D eigenvalue weighted by atomic mass is 10.1. The van der Waals surface area contributed by atoms with Gasteiger partial charge >= 0.3 is 0 Å². The molecule has 1 aromatic heterocycles. The Morgan fingerprint density at radius 1 is 1.56 bits per heavy atom. The first-order chi connectivity index (χ1) is 7.49. The van der Waals surface area contributed by atoms with E-state index in [1.807, 2.05) is 0 Å². The number of nitrogens with zero attached hydrogens (tertiary/aromatic N) is 2. The van der Waals surface area contributed by atoms with Gasteiger partial charge in [0.25, 0.3) is 5.91 Å². The smallest absolute Gasteiger partial charge is 0.269 e. The van der Waals surface area contributed by atoms with Gasteiger partial charge in [0.05, 0.1) is 0 Å². The van der Waals surface area contributed by atoms with Gasteiger partial charge in [-0.05, 0) is 29.9 Å². The number of amides is 1. The Morgan fingerprint density at radius 2 is 2.25 bits per heavy atom. The Bertz CT molecular complexity index is 399. The largest absolute Gasteiger partial charge is 0.368 e. The van der Waals surface area contributed by atoms with Crippen molar-refractivity contribution in [1.29, 1.82) is 0 Å². The molecule has 0 spiro atoms. The second-order valence-electron chi connectivity index (χ2n) is 4.94. The van der Waals surface area contributed by atoms with Gasteiger partial charge in [0, 0.05) is 6.54 Å². The number of anilines is 1. The van der Waals surface area contributed by atoms with Gasteiger partial charge in [-0.3, -0.25) is 4.79 Å². The number of hydrogen-bond donors (Lipinski definition) is 2. The number of hydrogen-bond acceptors (Lipinski definition) is 4. The second kappa shape index (κ2) is 3.73. The van der Waals surface area contributed by atoms with Crippen LogP contribution in [0.25, 0.3) is 0 Å². The Hall–Kier alpha value is -1.65. The maximum Gasteiger partial charge on any atom is 0.269 e. The fraction of sp³-hybridized carbons (Fsp3) is 0.545. The molecule has 1 aromatic rings. The highest BCUT2D eigenvalue weighted by atomic mass is 16.1. The van der Waals surface area contributed by atoms with Gasteiger partial charge in [0.1, 0.15) is 5.82 Å². The molecule has 1 aliphatic rings. The SMILES string of the molecule is CC1(C)CC1CNc1ccc(C(N)=O)nn1. The van der Waals surface area contributed by atoms with Crippen LogP contribution >= 0.6 is 0 Å². The lowest BCUT2D eigenvalue weighted by Gasteiger charge is -2.06. The van der Waals surface area contributed by atoms with Gasteiger partial charge in [-0.1, -0.05) is 13.8 Å². The summed E-state index contributed by atoms with van der Waals surface area (Å²) in [5.41, 5.74) is 5.71. The molecular weight excluding hydrogens is 204 g/mol. The molecular formula is C11H16N4O. The first kappa shape index (κ1) is 10.9. The lowest BCUT2D eigenvalue weighted by Crippen LogP contribution is -2.15. The average molecular weight is 220 g/mol. The molecule has 5 heteroatoms. The monoisotopic (exact) mass is 220 g/mol. The number of aromatic nitrogens is 2. The van der Waals surface area contributed by atoms with Gasteiger partial charge in [0.2, 0.25) is 0 Å². The Kier molecular flexibility index (Phi) is 2.53. The van der Waals surface area contributed by atoms with E-state index < -0.39 is 5.91 Å². The lowest BCUT2D eigenvalue weighted by molar-refractivity contribution is 0.0994. The van der Waals surface area contributed by atoms with Crippen LogP contribution < -0.4 is 11.1 Å². The molecule has 1 atom stereocenters. The molecule has 1 heterocycles. The zero-order valence-corrected chi connectivity index (χ0v) is 9.53. The van der Waals surface area contributed by atoms with Crippen molar-refractivity contribution in [2.75, 3.05) is 11.9 Å². The molecule has 0 radical (unpaired) electrons. The maximum atomic E-state index is 10.8. The van der Waals surface area contributed by atoms with E-state index in [0.29, 0.717) is 17.2 Å². The summed E-state index contributed by atoms with van der Waals surface area (Å²) in [6.45, 7) is 5.40. The van der Waals surface area contributed by atoms with Gasteiger partial charge < -0.3 is 11.1 Å². The first-order valence-corrected chi connectivity index (χ1v) is 5.36. The van der Waals surface area contributed by atoms with Crippen molar-refractivity contribution in [2.45, 2.75) is 20.3 Å². The van der Waals surface area contributed by atoms with Crippen molar-refractivity contribution in [1.82, 2.24) is 10.2 Å². The van der Waals surface area contributed by atoms with E-state index in [4.69, 9.17) is 5.73 Å². The fourth-order valence-corrected chi connectivity index (χ4v) is 1.71. The molecule has 1 amide bonds. The molecule has 0 aromatic carbocycles. The summed E-state index contributed by atoms with van der Waals surface area (Å²) < 4.78 is 0. The highest BCUT2D eigenvalue weighted by Gasteiger charge is 2.44. The normalized spacial score (nSPS) is 21.5. The maximum absolute atomic E-state index is 10.8. The molecule has 86 valence electrons. The number of nitrogens with one attached hydrogen (secondary N) is 1. The van der Waals surface area contributed by atoms with Gasteiger partial charge in [0.15, 0.2) is 5.69 Å². The molecule has 1 unspecified atom stereocenters. The number of carbonyl (C=O) groups is 1. The second-order valence-corrected chi connectivity index (χ2v) is 4.94. The van der Waals surface area contributed by atoms with E-state index in [1.54, 1.807) is 12.1 Å². The topological polar surface area (TPSA) is 80.9 Å². The number of carbonyl (C=O) groups excluding carboxylic acids is 1. The molecule has 5 nitrogen and oxygen atoms in total. The van der Waals surface area contributed by atoms with Crippen molar-refractivity contribution in [3.05, 3.63) is 17.8 Å². The Morgan fingerprint density at radius 3 is 2.69 bits per heavy atom. The van der Waals surface area contributed by atoms with Crippen molar-refractivity contribution in [2.24, 2.45) is 17.1 Å². The summed E-state index contributed by atoms with van der Waals surface area (Å²) in [5.74, 6) is 0.834. The van der Waals surface area contributed by atoms with E-state index in [9.17, 15) is 4.79 Å². The predicted octanol–water partition coefficient (Wildman–Crippen LogP) is 1.03. The van der Waals surface area contributed by atoms with Crippen molar-refractivity contribution < 1.29 is 4.79 Å². The van der Waals surface area contributed by atoms with Crippen molar-refractivity contribution >= 4 is 11.7 Å². The summed E-state index contributed by atoms with van der Waals surface area (Å²) in [6.07, 6.45) is 1.24. The van der Waals surface area contributed by atoms with Crippen LogP contribution in [-0.4, -0.2) is 22.6 Å². The minimum absolute atomic E-state index is 0.192. The zero-order chi connectivity index (χ0) is 11.8. The summed E-state index contributed by atoms with van der Waals surface area (Å²) in [7, 11) is 0. The van der Waals surface area contributed by atoms with E-state index in [2.05, 4.69) is 29.4 Å². The van der Waals surface area contributed by atoms with Crippen LogP contribution in [0.15, 0.2) is 12.1 Å². The summed E-state index contributed by atoms with van der Waals surface area (Å²) in [5, 5.41) is 10.8. The Labute approximate surface area is 94.4 Å². The number of rotatable bonds is 4. The molecule has 0 saturated heterocycles. The van der Waals surface area contributed by atoms with Gasteiger partial charge in [-0.25, -0.2) is 0 Å². The summed E-state index contributed by atoms with van der Waals surface area (Å²) >= 11 is 0. The van der Waals surface area contributed by atoms with Crippen molar-refractivity contribution in [3.63, 3.8) is 0 Å². The standard InChI is InChI=1S/C11H16N4O/c1-11(2)5-7(11)6-13-9-4-3-8(10(12)16)14-15-9/h3-4,7H,5-6H2,1-2H3,(H2,12,16)(H,13,15). The third kappa shape index (κ3) is 2.29. The van der Waals surface area contributed by atoms with Crippen LogP contribution in [0, 0.1) is 11.3 Å². The highest BCUT2D eigenvalue weighted by Crippen LogP contribution is 2.51. The first-order valence-electron chi connectivity index (χ1n) is 5.36. The van der Waals surface area contributed by atoms with Crippen molar-refractivity contribution in [3.8, 4) is 0 Å². The minimum atomic E-state index is -0.553. The minimum Gasteiger partial charge on any atom is -0.368 e. The molecule has 1 saturated carbocycles. The average Bonchev–Trinajstić information content (AvgIpc) is 2.84. The fourth-order valence-electron chi connectivity index (χ4n) is 1.71. The van der Waals surface area contributed by atoms with Crippen LogP contribution in [-0.2, 0) is 0 Å². The van der Waals surface area contributed by atoms with Gasteiger partial charge in [-0.2, -0.15) is 0 Å². The molecule has 0 bridgehead atoms. The van der Waals surface area contributed by atoms with E-state index in [-0.39, 0.29) is 5.69 Å². The Balaban J connectivity index is 1.88. The van der Waals surface area contributed by atoms with Crippen LogP contribution in [0.2, 0.25) is 0 Å². The summed E-state index contributed by atoms with van der Waals surface area (Å²) in [4.78, 5) is 10.8. The third-order valence-electron chi connectivity index (χ3n) is 3.16.